The summed E-state index contributed by atoms with van der Waals surface area (Å²) < 4.78 is 0. The number of likely N-dealkylation sites (tertiary alicyclic amines) is 1. The third kappa shape index (κ3) is 1.68. The van der Waals surface area contributed by atoms with Crippen LogP contribution < -0.4 is 0 Å². The highest BCUT2D eigenvalue weighted by atomic mass is 15.2. The Morgan fingerprint density at radius 2 is 2.00 bits per heavy atom. The van der Waals surface area contributed by atoms with Gasteiger partial charge in [-0.1, -0.05) is 12.8 Å². The predicted molar refractivity (Wildman–Crippen MR) is 70.4 cm³/mol. The number of hydrogen-bond donors (Lipinski definition) is 0. The Bertz CT molecular complexity index is 326. The molecular formula is C15H24N2. The lowest BCUT2D eigenvalue weighted by Gasteiger charge is -2.52. The molecule has 1 spiro atoms. The zero-order valence-corrected chi connectivity index (χ0v) is 10.8. The highest BCUT2D eigenvalue weighted by molar-refractivity contribution is 5.64. The van der Waals surface area contributed by atoms with Crippen LogP contribution in [-0.2, 0) is 0 Å². The number of hydrogen-bond acceptors (Lipinski definition) is 2. The second-order valence-corrected chi connectivity index (χ2v) is 6.92. The van der Waals surface area contributed by atoms with Crippen molar-refractivity contribution < 1.29 is 0 Å². The lowest BCUT2D eigenvalue weighted by molar-refractivity contribution is 0.00445. The molecule has 2 saturated carbocycles. The van der Waals surface area contributed by atoms with Gasteiger partial charge in [0.25, 0.3) is 0 Å². The van der Waals surface area contributed by atoms with Crippen molar-refractivity contribution in [1.82, 2.24) is 4.90 Å². The third-order valence-corrected chi connectivity index (χ3v) is 5.84. The lowest BCUT2D eigenvalue weighted by Crippen LogP contribution is -2.56. The molecule has 2 unspecified atom stereocenters. The zero-order chi connectivity index (χ0) is 11.3. The van der Waals surface area contributed by atoms with Gasteiger partial charge >= 0.3 is 0 Å². The molecule has 0 amide bonds. The van der Waals surface area contributed by atoms with Crippen molar-refractivity contribution in [3.05, 3.63) is 0 Å². The quantitative estimate of drug-likeness (QED) is 0.714. The Morgan fingerprint density at radius 3 is 2.71 bits per heavy atom. The van der Waals surface area contributed by atoms with Gasteiger partial charge in [-0.05, 0) is 42.9 Å². The maximum absolute atomic E-state index is 4.66. The minimum Gasteiger partial charge on any atom is -0.302 e. The molecule has 0 radical (unpaired) electrons. The van der Waals surface area contributed by atoms with E-state index in [0.29, 0.717) is 5.41 Å². The molecule has 4 aliphatic rings. The molecule has 17 heavy (non-hydrogen) atoms. The van der Waals surface area contributed by atoms with Gasteiger partial charge in [-0.15, -0.1) is 0 Å². The Morgan fingerprint density at radius 1 is 1.18 bits per heavy atom. The van der Waals surface area contributed by atoms with Crippen LogP contribution in [0.15, 0.2) is 4.99 Å². The molecule has 1 saturated heterocycles. The summed E-state index contributed by atoms with van der Waals surface area (Å²) in [6.07, 6.45) is 11.3. The SMILES string of the molecule is C1=NCC2CN(CC3CC3)CC1C21CCCC1. The predicted octanol–water partition coefficient (Wildman–Crippen LogP) is 2.59. The molecule has 0 aromatic carbocycles. The molecule has 94 valence electrons. The Balaban J connectivity index is 1.55. The van der Waals surface area contributed by atoms with Crippen LogP contribution in [0, 0.1) is 23.2 Å². The fourth-order valence-electron chi connectivity index (χ4n) is 4.71. The van der Waals surface area contributed by atoms with E-state index in [1.54, 1.807) is 0 Å². The van der Waals surface area contributed by atoms with E-state index in [2.05, 4.69) is 16.1 Å². The topological polar surface area (TPSA) is 15.6 Å². The maximum atomic E-state index is 4.66. The van der Waals surface area contributed by atoms with Gasteiger partial charge in [0.05, 0.1) is 0 Å². The normalized spacial score (nSPS) is 40.0. The van der Waals surface area contributed by atoms with Gasteiger partial charge in [-0.25, -0.2) is 0 Å². The molecule has 2 heteroatoms. The molecule has 2 aliphatic heterocycles. The standard InChI is InChI=1S/C15H24N2/c1-2-6-15(5-1)13-7-16-8-14(15)11-17(10-13)9-12-3-4-12/h7,12-14H,1-6,8-11H2. The molecule has 2 nitrogen and oxygen atoms in total. The van der Waals surface area contributed by atoms with E-state index < -0.39 is 0 Å². The molecule has 0 N–H and O–H groups in total. The summed E-state index contributed by atoms with van der Waals surface area (Å²) in [5.74, 6) is 2.72. The first-order valence-electron chi connectivity index (χ1n) is 7.59. The molecule has 2 bridgehead atoms. The van der Waals surface area contributed by atoms with E-state index in [1.165, 1.54) is 58.2 Å². The molecule has 4 rings (SSSR count). The molecular weight excluding hydrogens is 208 g/mol. The summed E-state index contributed by atoms with van der Waals surface area (Å²) in [6, 6.07) is 0. The summed E-state index contributed by atoms with van der Waals surface area (Å²) >= 11 is 0. The summed E-state index contributed by atoms with van der Waals surface area (Å²) in [7, 11) is 0. The van der Waals surface area contributed by atoms with E-state index >= 15 is 0 Å². The first kappa shape index (κ1) is 10.5. The van der Waals surface area contributed by atoms with E-state index in [1.807, 2.05) is 0 Å². The molecule has 0 aromatic heterocycles. The number of aliphatic imine (C=N–C) groups is 1. The molecule has 2 atom stereocenters. The summed E-state index contributed by atoms with van der Waals surface area (Å²) in [4.78, 5) is 7.42. The average molecular weight is 232 g/mol. The minimum absolute atomic E-state index is 0.682. The summed E-state index contributed by atoms with van der Waals surface area (Å²) in [6.45, 7) is 5.18. The van der Waals surface area contributed by atoms with Gasteiger partial charge in [-0.3, -0.25) is 4.99 Å². The Kier molecular flexibility index (Phi) is 2.36. The summed E-state index contributed by atoms with van der Waals surface area (Å²) in [5.41, 5.74) is 0.682. The minimum atomic E-state index is 0.682. The van der Waals surface area contributed by atoms with Gasteiger partial charge in [0.1, 0.15) is 0 Å². The van der Waals surface area contributed by atoms with Crippen LogP contribution in [0.25, 0.3) is 0 Å². The molecule has 2 heterocycles. The van der Waals surface area contributed by atoms with E-state index in [0.717, 1.165) is 24.3 Å². The maximum Gasteiger partial charge on any atom is 0.0431 e. The van der Waals surface area contributed by atoms with E-state index in [9.17, 15) is 0 Å². The van der Waals surface area contributed by atoms with Crippen LogP contribution in [-0.4, -0.2) is 37.3 Å². The van der Waals surface area contributed by atoms with Gasteiger partial charge in [0.15, 0.2) is 0 Å². The number of nitrogens with zero attached hydrogens (tertiary/aromatic N) is 2. The van der Waals surface area contributed by atoms with Crippen molar-refractivity contribution in [3.8, 4) is 0 Å². The van der Waals surface area contributed by atoms with Crippen LogP contribution in [0.3, 0.4) is 0 Å². The van der Waals surface area contributed by atoms with Crippen molar-refractivity contribution in [2.45, 2.75) is 38.5 Å². The molecule has 2 aliphatic carbocycles. The van der Waals surface area contributed by atoms with Crippen molar-refractivity contribution in [1.29, 1.82) is 0 Å². The third-order valence-electron chi connectivity index (χ3n) is 5.84. The first-order valence-corrected chi connectivity index (χ1v) is 7.59. The number of piperidine rings is 1. The fraction of sp³-hybridized carbons (Fsp3) is 0.933. The van der Waals surface area contributed by atoms with Gasteiger partial charge in [0.2, 0.25) is 0 Å². The van der Waals surface area contributed by atoms with Gasteiger partial charge in [0, 0.05) is 38.3 Å². The largest absolute Gasteiger partial charge is 0.302 e. The monoisotopic (exact) mass is 232 g/mol. The average Bonchev–Trinajstić information content (AvgIpc) is 2.98. The zero-order valence-electron chi connectivity index (χ0n) is 10.8. The second kappa shape index (κ2) is 3.81. The smallest absolute Gasteiger partial charge is 0.0431 e. The van der Waals surface area contributed by atoms with Crippen molar-refractivity contribution in [2.24, 2.45) is 28.2 Å². The van der Waals surface area contributed by atoms with Crippen LogP contribution in [0.4, 0.5) is 0 Å². The van der Waals surface area contributed by atoms with E-state index in [4.69, 9.17) is 0 Å². The van der Waals surface area contributed by atoms with Crippen LogP contribution in [0.5, 0.6) is 0 Å². The molecule has 0 aromatic rings. The highest BCUT2D eigenvalue weighted by Gasteiger charge is 2.51. The molecule has 3 fully saturated rings. The number of rotatable bonds is 2. The summed E-state index contributed by atoms with van der Waals surface area (Å²) in [5, 5.41) is 0. The van der Waals surface area contributed by atoms with E-state index in [-0.39, 0.29) is 0 Å². The van der Waals surface area contributed by atoms with Gasteiger partial charge in [-0.2, -0.15) is 0 Å². The van der Waals surface area contributed by atoms with Crippen molar-refractivity contribution >= 4 is 6.21 Å². The van der Waals surface area contributed by atoms with Crippen LogP contribution in [0.1, 0.15) is 38.5 Å². The fourth-order valence-corrected chi connectivity index (χ4v) is 4.71. The first-order chi connectivity index (χ1) is 8.37. The van der Waals surface area contributed by atoms with Crippen molar-refractivity contribution in [3.63, 3.8) is 0 Å². The van der Waals surface area contributed by atoms with Gasteiger partial charge < -0.3 is 4.90 Å². The van der Waals surface area contributed by atoms with Crippen LogP contribution >= 0.6 is 0 Å². The lowest BCUT2D eigenvalue weighted by atomic mass is 9.61. The Hall–Kier alpha value is -0.370. The van der Waals surface area contributed by atoms with Crippen molar-refractivity contribution in [2.75, 3.05) is 26.2 Å². The van der Waals surface area contributed by atoms with Crippen LogP contribution in [0.2, 0.25) is 0 Å². The highest BCUT2D eigenvalue weighted by Crippen LogP contribution is 2.53. The Labute approximate surface area is 104 Å². The second-order valence-electron chi connectivity index (χ2n) is 6.92.